The van der Waals surface area contributed by atoms with Crippen LogP contribution in [0.3, 0.4) is 0 Å². The Bertz CT molecular complexity index is 885. The van der Waals surface area contributed by atoms with E-state index in [4.69, 9.17) is 9.47 Å². The Labute approximate surface area is 202 Å². The zero-order chi connectivity index (χ0) is 23.8. The molecule has 1 aliphatic heterocycles. The van der Waals surface area contributed by atoms with Crippen LogP contribution >= 0.6 is 11.3 Å². The molecule has 2 heterocycles. The van der Waals surface area contributed by atoms with E-state index in [1.165, 1.54) is 10.4 Å². The molecule has 2 atom stereocenters. The van der Waals surface area contributed by atoms with E-state index in [1.54, 1.807) is 11.3 Å². The van der Waals surface area contributed by atoms with Crippen LogP contribution in [0.25, 0.3) is 0 Å². The summed E-state index contributed by atoms with van der Waals surface area (Å²) in [5, 5.41) is 12.5. The molecule has 0 radical (unpaired) electrons. The van der Waals surface area contributed by atoms with E-state index in [0.717, 1.165) is 30.7 Å². The third-order valence-corrected chi connectivity index (χ3v) is 6.80. The van der Waals surface area contributed by atoms with Gasteiger partial charge in [0.05, 0.1) is 31.4 Å². The van der Waals surface area contributed by atoms with Gasteiger partial charge in [-0.15, -0.1) is 11.3 Å². The van der Waals surface area contributed by atoms with E-state index >= 15 is 0 Å². The van der Waals surface area contributed by atoms with Crippen molar-refractivity contribution in [2.75, 3.05) is 39.4 Å². The topological polar surface area (TPSA) is 62.2 Å². The number of carbonyl (C=O) groups is 1. The predicted octanol–water partition coefficient (Wildman–Crippen LogP) is 4.06. The van der Waals surface area contributed by atoms with Crippen LogP contribution in [0.2, 0.25) is 0 Å². The summed E-state index contributed by atoms with van der Waals surface area (Å²) in [6.45, 7) is 10.9. The number of hydrogen-bond acceptors (Lipinski definition) is 6. The first-order valence-electron chi connectivity index (χ1n) is 11.9. The molecule has 1 N–H and O–H groups in total. The van der Waals surface area contributed by atoms with Crippen molar-refractivity contribution in [3.63, 3.8) is 0 Å². The summed E-state index contributed by atoms with van der Waals surface area (Å²) in [6.07, 6.45) is 1.25. The standard InChI is InChI=1S/C26H38N2O4S/c1-5-11-27(15-21(29)17-31-19(2)3)16-26(30)28-12-9-25-23(10-13-33-25)24(28)18-32-22-8-6-7-20(4)14-22/h6-8,10,13-14,19,21,24,29H,5,9,11-12,15-18H2,1-4H3/t21-,24-/m0/s1. The first-order chi connectivity index (χ1) is 15.9. The summed E-state index contributed by atoms with van der Waals surface area (Å²) in [7, 11) is 0. The Hall–Kier alpha value is -1.93. The van der Waals surface area contributed by atoms with Crippen molar-refractivity contribution in [1.82, 2.24) is 9.80 Å². The van der Waals surface area contributed by atoms with E-state index in [2.05, 4.69) is 18.4 Å². The Balaban J connectivity index is 1.67. The van der Waals surface area contributed by atoms with Gasteiger partial charge in [-0.2, -0.15) is 0 Å². The van der Waals surface area contributed by atoms with Gasteiger partial charge in [0, 0.05) is 18.0 Å². The van der Waals surface area contributed by atoms with Crippen LogP contribution in [-0.4, -0.2) is 72.4 Å². The molecule has 3 rings (SSSR count). The van der Waals surface area contributed by atoms with Gasteiger partial charge in [-0.05, 0) is 74.9 Å². The number of hydrogen-bond donors (Lipinski definition) is 1. The molecule has 0 saturated heterocycles. The van der Waals surface area contributed by atoms with Crippen molar-refractivity contribution >= 4 is 17.2 Å². The molecule has 0 fully saturated rings. The number of fused-ring (bicyclic) bond motifs is 1. The summed E-state index contributed by atoms with van der Waals surface area (Å²) in [6, 6.07) is 10.0. The van der Waals surface area contributed by atoms with Crippen LogP contribution in [0.4, 0.5) is 0 Å². The Kier molecular flexibility index (Phi) is 9.74. The van der Waals surface area contributed by atoms with Gasteiger partial charge in [-0.25, -0.2) is 0 Å². The number of ether oxygens (including phenoxy) is 2. The second-order valence-electron chi connectivity index (χ2n) is 9.05. The second-order valence-corrected chi connectivity index (χ2v) is 10.1. The van der Waals surface area contributed by atoms with E-state index in [1.807, 2.05) is 54.8 Å². The first kappa shape index (κ1) is 25.7. The number of aryl methyl sites for hydroxylation is 1. The van der Waals surface area contributed by atoms with Crippen LogP contribution in [0.1, 0.15) is 49.2 Å². The number of carbonyl (C=O) groups excluding carboxylic acids is 1. The zero-order valence-electron chi connectivity index (χ0n) is 20.3. The molecular formula is C26H38N2O4S. The number of thiophene rings is 1. The number of aliphatic hydroxyl groups is 1. The molecule has 0 aliphatic carbocycles. The quantitative estimate of drug-likeness (QED) is 0.503. The lowest BCUT2D eigenvalue weighted by Gasteiger charge is -2.37. The SMILES string of the molecule is CCCN(CC(=O)N1CCc2sccc2[C@@H]1COc1cccc(C)c1)C[C@H](O)COC(C)C. The van der Waals surface area contributed by atoms with Crippen molar-refractivity contribution in [2.24, 2.45) is 0 Å². The van der Waals surface area contributed by atoms with Gasteiger partial charge < -0.3 is 19.5 Å². The third kappa shape index (κ3) is 7.54. The highest BCUT2D eigenvalue weighted by molar-refractivity contribution is 7.10. The molecule has 1 aromatic heterocycles. The van der Waals surface area contributed by atoms with Gasteiger partial charge in [0.15, 0.2) is 0 Å². The van der Waals surface area contributed by atoms with Crippen LogP contribution in [0.15, 0.2) is 35.7 Å². The molecule has 1 amide bonds. The summed E-state index contributed by atoms with van der Waals surface area (Å²) in [5.41, 5.74) is 2.34. The molecule has 0 saturated carbocycles. The third-order valence-electron chi connectivity index (χ3n) is 5.80. The fourth-order valence-electron chi connectivity index (χ4n) is 4.24. The second kappa shape index (κ2) is 12.5. The average Bonchev–Trinajstić information content (AvgIpc) is 3.25. The number of rotatable bonds is 12. The van der Waals surface area contributed by atoms with Gasteiger partial charge in [0.1, 0.15) is 12.4 Å². The highest BCUT2D eigenvalue weighted by Crippen LogP contribution is 2.34. The molecule has 1 aliphatic rings. The zero-order valence-corrected chi connectivity index (χ0v) is 21.1. The lowest BCUT2D eigenvalue weighted by Crippen LogP contribution is -2.48. The van der Waals surface area contributed by atoms with Gasteiger partial charge >= 0.3 is 0 Å². The lowest BCUT2D eigenvalue weighted by molar-refractivity contribution is -0.136. The predicted molar refractivity (Wildman–Crippen MR) is 133 cm³/mol. The normalized spacial score (nSPS) is 16.8. The van der Waals surface area contributed by atoms with Crippen LogP contribution in [-0.2, 0) is 16.0 Å². The maximum absolute atomic E-state index is 13.5. The maximum atomic E-state index is 13.5. The van der Waals surface area contributed by atoms with Crippen LogP contribution < -0.4 is 4.74 Å². The minimum Gasteiger partial charge on any atom is -0.491 e. The molecule has 1 aromatic carbocycles. The summed E-state index contributed by atoms with van der Waals surface area (Å²) < 4.78 is 11.7. The molecule has 0 unspecified atom stereocenters. The van der Waals surface area contributed by atoms with E-state index in [9.17, 15) is 9.90 Å². The van der Waals surface area contributed by atoms with Gasteiger partial charge in [-0.1, -0.05) is 19.1 Å². The Morgan fingerprint density at radius 3 is 2.88 bits per heavy atom. The number of benzene rings is 1. The van der Waals surface area contributed by atoms with E-state index in [-0.39, 0.29) is 31.2 Å². The monoisotopic (exact) mass is 474 g/mol. The highest BCUT2D eigenvalue weighted by atomic mass is 32.1. The molecular weight excluding hydrogens is 436 g/mol. The molecule has 0 bridgehead atoms. The van der Waals surface area contributed by atoms with Crippen molar-refractivity contribution < 1.29 is 19.4 Å². The first-order valence-corrected chi connectivity index (χ1v) is 12.8. The average molecular weight is 475 g/mol. The Morgan fingerprint density at radius 1 is 1.33 bits per heavy atom. The van der Waals surface area contributed by atoms with E-state index in [0.29, 0.717) is 19.7 Å². The maximum Gasteiger partial charge on any atom is 0.237 e. The number of aliphatic hydroxyl groups excluding tert-OH is 1. The number of nitrogens with zero attached hydrogens (tertiary/aromatic N) is 2. The molecule has 0 spiro atoms. The molecule has 7 heteroatoms. The summed E-state index contributed by atoms with van der Waals surface area (Å²) >= 11 is 1.75. The smallest absolute Gasteiger partial charge is 0.237 e. The van der Waals surface area contributed by atoms with Crippen LogP contribution in [0.5, 0.6) is 5.75 Å². The Morgan fingerprint density at radius 2 is 2.15 bits per heavy atom. The largest absolute Gasteiger partial charge is 0.491 e. The van der Waals surface area contributed by atoms with Crippen LogP contribution in [0, 0.1) is 6.92 Å². The van der Waals surface area contributed by atoms with Gasteiger partial charge in [-0.3, -0.25) is 9.69 Å². The van der Waals surface area contributed by atoms with Gasteiger partial charge in [0.2, 0.25) is 5.91 Å². The van der Waals surface area contributed by atoms with Gasteiger partial charge in [0.25, 0.3) is 0 Å². The van der Waals surface area contributed by atoms with Crippen molar-refractivity contribution in [3.8, 4) is 5.75 Å². The molecule has 33 heavy (non-hydrogen) atoms. The minimum absolute atomic E-state index is 0.0724. The van der Waals surface area contributed by atoms with E-state index < -0.39 is 6.10 Å². The summed E-state index contributed by atoms with van der Waals surface area (Å²) in [4.78, 5) is 18.8. The molecule has 182 valence electrons. The van der Waals surface area contributed by atoms with Crippen molar-refractivity contribution in [1.29, 1.82) is 0 Å². The fourth-order valence-corrected chi connectivity index (χ4v) is 5.17. The minimum atomic E-state index is -0.614. The fraction of sp³-hybridized carbons (Fsp3) is 0.577. The molecule has 2 aromatic rings. The summed E-state index contributed by atoms with van der Waals surface area (Å²) in [5.74, 6) is 0.903. The highest BCUT2D eigenvalue weighted by Gasteiger charge is 2.33. The van der Waals surface area contributed by atoms with Crippen molar-refractivity contribution in [3.05, 3.63) is 51.7 Å². The van der Waals surface area contributed by atoms with Crippen molar-refractivity contribution in [2.45, 2.75) is 58.8 Å². The number of amides is 1. The molecule has 6 nitrogen and oxygen atoms in total. The lowest BCUT2D eigenvalue weighted by atomic mass is 10.0.